The Labute approximate surface area is 107 Å². The Balaban J connectivity index is 2.18. The van der Waals surface area contributed by atoms with Crippen LogP contribution in [0.5, 0.6) is 0 Å². The second-order valence-corrected chi connectivity index (χ2v) is 5.25. The molecular formula is C11H11BrClN3. The van der Waals surface area contributed by atoms with E-state index >= 15 is 0 Å². The fourth-order valence-electron chi connectivity index (χ4n) is 2.45. The van der Waals surface area contributed by atoms with E-state index in [1.165, 1.54) is 25.7 Å². The van der Waals surface area contributed by atoms with Crippen molar-refractivity contribution >= 4 is 38.6 Å². The molecule has 84 valence electrons. The first-order chi connectivity index (χ1) is 7.75. The van der Waals surface area contributed by atoms with Gasteiger partial charge >= 0.3 is 0 Å². The van der Waals surface area contributed by atoms with Crippen molar-refractivity contribution in [1.29, 1.82) is 0 Å². The Bertz CT molecular complexity index is 531. The predicted octanol–water partition coefficient (Wildman–Crippen LogP) is 3.96. The fraction of sp³-hybridized carbons (Fsp3) is 0.455. The van der Waals surface area contributed by atoms with Crippen molar-refractivity contribution in [2.75, 3.05) is 0 Å². The van der Waals surface area contributed by atoms with Gasteiger partial charge in [0.05, 0.1) is 5.39 Å². The molecule has 16 heavy (non-hydrogen) atoms. The average molecular weight is 301 g/mol. The topological polar surface area (TPSA) is 30.7 Å². The van der Waals surface area contributed by atoms with Crippen LogP contribution >= 0.6 is 27.5 Å². The second kappa shape index (κ2) is 4.00. The molecular weight excluding hydrogens is 289 g/mol. The molecule has 0 aromatic carbocycles. The Kier molecular flexibility index (Phi) is 2.64. The third-order valence-corrected chi connectivity index (χ3v) is 3.86. The summed E-state index contributed by atoms with van der Waals surface area (Å²) in [6.45, 7) is 0. The van der Waals surface area contributed by atoms with Crippen LogP contribution < -0.4 is 0 Å². The monoisotopic (exact) mass is 299 g/mol. The van der Waals surface area contributed by atoms with Crippen LogP contribution in [0.2, 0.25) is 5.15 Å². The third-order valence-electron chi connectivity index (χ3n) is 3.22. The summed E-state index contributed by atoms with van der Waals surface area (Å²) < 4.78 is 2.80. The molecule has 0 N–H and O–H groups in total. The minimum Gasteiger partial charge on any atom is -0.329 e. The van der Waals surface area contributed by atoms with Gasteiger partial charge in [0.1, 0.15) is 10.8 Å². The summed E-state index contributed by atoms with van der Waals surface area (Å²) in [6, 6.07) is 2.58. The molecule has 0 atom stereocenters. The first-order valence-electron chi connectivity index (χ1n) is 5.45. The highest BCUT2D eigenvalue weighted by Gasteiger charge is 2.19. The van der Waals surface area contributed by atoms with Crippen molar-refractivity contribution in [2.45, 2.75) is 31.7 Å². The van der Waals surface area contributed by atoms with Gasteiger partial charge in [-0.2, -0.15) is 0 Å². The molecule has 0 radical (unpaired) electrons. The molecule has 3 nitrogen and oxygen atoms in total. The Morgan fingerprint density at radius 1 is 1.31 bits per heavy atom. The molecule has 0 aliphatic heterocycles. The van der Waals surface area contributed by atoms with Gasteiger partial charge in [0.2, 0.25) is 0 Å². The standard InChI is InChI=1S/C11H11BrClN3/c12-11-14-9(13)8-5-6-16(10(8)15-11)7-3-1-2-4-7/h5-7H,1-4H2. The smallest absolute Gasteiger partial charge is 0.200 e. The summed E-state index contributed by atoms with van der Waals surface area (Å²) in [5.74, 6) is 0. The van der Waals surface area contributed by atoms with E-state index in [0.29, 0.717) is 15.9 Å². The normalized spacial score (nSPS) is 17.4. The lowest BCUT2D eigenvalue weighted by atomic mass is 10.2. The van der Waals surface area contributed by atoms with Crippen molar-refractivity contribution < 1.29 is 0 Å². The lowest BCUT2D eigenvalue weighted by Gasteiger charge is -2.12. The molecule has 5 heteroatoms. The van der Waals surface area contributed by atoms with Gasteiger partial charge in [0, 0.05) is 12.2 Å². The lowest BCUT2D eigenvalue weighted by molar-refractivity contribution is 0.532. The van der Waals surface area contributed by atoms with E-state index in [1.54, 1.807) is 0 Å². The van der Waals surface area contributed by atoms with Crippen molar-refractivity contribution in [1.82, 2.24) is 14.5 Å². The average Bonchev–Trinajstić information content (AvgIpc) is 2.83. The molecule has 0 unspecified atom stereocenters. The van der Waals surface area contributed by atoms with Gasteiger partial charge in [-0.05, 0) is 34.8 Å². The minimum absolute atomic E-state index is 0.522. The Morgan fingerprint density at radius 2 is 2.06 bits per heavy atom. The molecule has 0 bridgehead atoms. The molecule has 1 aliphatic rings. The van der Waals surface area contributed by atoms with Crippen LogP contribution in [-0.2, 0) is 0 Å². The van der Waals surface area contributed by atoms with Gasteiger partial charge in [-0.15, -0.1) is 0 Å². The van der Waals surface area contributed by atoms with Gasteiger partial charge < -0.3 is 4.57 Å². The van der Waals surface area contributed by atoms with E-state index < -0.39 is 0 Å². The maximum atomic E-state index is 6.09. The SMILES string of the molecule is Clc1nc(Br)nc2c1ccn2C1CCCC1. The van der Waals surface area contributed by atoms with E-state index in [9.17, 15) is 0 Å². The number of halogens is 2. The number of aromatic nitrogens is 3. The van der Waals surface area contributed by atoms with E-state index in [0.717, 1.165) is 11.0 Å². The zero-order valence-corrected chi connectivity index (χ0v) is 11.0. The molecule has 1 aliphatic carbocycles. The quantitative estimate of drug-likeness (QED) is 0.589. The van der Waals surface area contributed by atoms with Crippen LogP contribution in [0.25, 0.3) is 11.0 Å². The van der Waals surface area contributed by atoms with Crippen LogP contribution in [0.3, 0.4) is 0 Å². The van der Waals surface area contributed by atoms with Crippen molar-refractivity contribution in [3.05, 3.63) is 22.1 Å². The fourth-order valence-corrected chi connectivity index (χ4v) is 3.12. The first kappa shape index (κ1) is 10.5. The molecule has 2 heterocycles. The summed E-state index contributed by atoms with van der Waals surface area (Å²) in [7, 11) is 0. The summed E-state index contributed by atoms with van der Waals surface area (Å²) in [5, 5.41) is 1.46. The molecule has 3 rings (SSSR count). The summed E-state index contributed by atoms with van der Waals surface area (Å²) in [6.07, 6.45) is 7.17. The molecule has 1 saturated carbocycles. The second-order valence-electron chi connectivity index (χ2n) is 4.18. The summed E-state index contributed by atoms with van der Waals surface area (Å²) in [4.78, 5) is 8.52. The number of nitrogens with zero attached hydrogens (tertiary/aromatic N) is 3. The van der Waals surface area contributed by atoms with Crippen LogP contribution in [0.4, 0.5) is 0 Å². The van der Waals surface area contributed by atoms with Crippen LogP contribution in [0, 0.1) is 0 Å². The zero-order chi connectivity index (χ0) is 11.1. The van der Waals surface area contributed by atoms with Gasteiger partial charge in [-0.1, -0.05) is 24.4 Å². The van der Waals surface area contributed by atoms with Crippen molar-refractivity contribution in [2.24, 2.45) is 0 Å². The van der Waals surface area contributed by atoms with E-state index in [-0.39, 0.29) is 0 Å². The van der Waals surface area contributed by atoms with Gasteiger partial charge in [0.25, 0.3) is 0 Å². The highest BCUT2D eigenvalue weighted by atomic mass is 79.9. The zero-order valence-electron chi connectivity index (χ0n) is 8.66. The predicted molar refractivity (Wildman–Crippen MR) is 67.7 cm³/mol. The molecule has 2 aromatic rings. The highest BCUT2D eigenvalue weighted by molar-refractivity contribution is 9.10. The highest BCUT2D eigenvalue weighted by Crippen LogP contribution is 2.33. The Hall–Kier alpha value is -0.610. The number of fused-ring (bicyclic) bond motifs is 1. The van der Waals surface area contributed by atoms with Crippen LogP contribution in [0.1, 0.15) is 31.7 Å². The maximum Gasteiger partial charge on any atom is 0.200 e. The van der Waals surface area contributed by atoms with E-state index in [2.05, 4.69) is 36.7 Å². The van der Waals surface area contributed by atoms with Gasteiger partial charge in [-0.3, -0.25) is 0 Å². The number of hydrogen-bond donors (Lipinski definition) is 0. The largest absolute Gasteiger partial charge is 0.329 e. The first-order valence-corrected chi connectivity index (χ1v) is 6.62. The molecule has 0 spiro atoms. The van der Waals surface area contributed by atoms with Crippen LogP contribution in [0.15, 0.2) is 17.0 Å². The Morgan fingerprint density at radius 3 is 2.81 bits per heavy atom. The molecule has 2 aromatic heterocycles. The molecule has 0 amide bonds. The molecule has 0 saturated heterocycles. The van der Waals surface area contributed by atoms with Gasteiger partial charge in [-0.25, -0.2) is 9.97 Å². The molecule has 1 fully saturated rings. The summed E-state index contributed by atoms with van der Waals surface area (Å²) in [5.41, 5.74) is 0.943. The van der Waals surface area contributed by atoms with Gasteiger partial charge in [0.15, 0.2) is 4.73 Å². The maximum absolute atomic E-state index is 6.09. The summed E-state index contributed by atoms with van der Waals surface area (Å²) >= 11 is 9.38. The van der Waals surface area contributed by atoms with Crippen molar-refractivity contribution in [3.63, 3.8) is 0 Å². The van der Waals surface area contributed by atoms with E-state index in [1.807, 2.05) is 6.07 Å². The number of rotatable bonds is 1. The number of hydrogen-bond acceptors (Lipinski definition) is 2. The van der Waals surface area contributed by atoms with Crippen LogP contribution in [-0.4, -0.2) is 14.5 Å². The van der Waals surface area contributed by atoms with E-state index in [4.69, 9.17) is 11.6 Å². The third kappa shape index (κ3) is 1.64. The lowest BCUT2D eigenvalue weighted by Crippen LogP contribution is -2.04. The minimum atomic E-state index is 0.522. The van der Waals surface area contributed by atoms with Crippen molar-refractivity contribution in [3.8, 4) is 0 Å².